The van der Waals surface area contributed by atoms with E-state index >= 15 is 0 Å². The van der Waals surface area contributed by atoms with Gasteiger partial charge in [0.1, 0.15) is 48.3 Å². The fourth-order valence-corrected chi connectivity index (χ4v) is 8.28. The van der Waals surface area contributed by atoms with Crippen LogP contribution in [0.15, 0.2) is 78.3 Å². The Morgan fingerprint density at radius 2 is 1.12 bits per heavy atom. The summed E-state index contributed by atoms with van der Waals surface area (Å²) < 4.78 is 0. The van der Waals surface area contributed by atoms with Gasteiger partial charge in [-0.15, -0.1) is 0 Å². The first-order chi connectivity index (χ1) is 35.8. The number of thiol groups is 2. The molecule has 0 radical (unpaired) electrons. The van der Waals surface area contributed by atoms with E-state index in [4.69, 9.17) is 17.2 Å². The Hall–Kier alpha value is -7.61. The van der Waals surface area contributed by atoms with Crippen molar-refractivity contribution in [3.05, 3.63) is 90.1 Å². The number of amides is 9. The van der Waals surface area contributed by atoms with Crippen molar-refractivity contribution >= 4 is 95.3 Å². The summed E-state index contributed by atoms with van der Waals surface area (Å²) in [6.45, 7) is 4.63. The molecular formula is C49H69N15O9S2. The van der Waals surface area contributed by atoms with Gasteiger partial charge in [-0.3, -0.25) is 48.1 Å². The molecule has 0 unspecified atom stereocenters. The summed E-state index contributed by atoms with van der Waals surface area (Å²) in [4.78, 5) is 136. The number of imidazole rings is 1. The summed E-state index contributed by atoms with van der Waals surface area (Å²) in [6.07, 6.45) is 6.01. The lowest BCUT2D eigenvalue weighted by Crippen LogP contribution is -2.61. The van der Waals surface area contributed by atoms with E-state index in [2.05, 4.69) is 87.7 Å². The van der Waals surface area contributed by atoms with Crippen LogP contribution < -0.4 is 59.7 Å². The predicted octanol–water partition coefficient (Wildman–Crippen LogP) is -1.57. The minimum atomic E-state index is -1.39. The van der Waals surface area contributed by atoms with Crippen molar-refractivity contribution in [2.24, 2.45) is 22.2 Å². The first kappa shape index (κ1) is 59.9. The maximum Gasteiger partial charge on any atom is 0.244 e. The number of carbonyl (C=O) groups is 9. The number of guanidine groups is 1. The number of H-pyrrole nitrogens is 2. The first-order valence-corrected chi connectivity index (χ1v) is 25.6. The minimum absolute atomic E-state index is 0.0570. The third-order valence-electron chi connectivity index (χ3n) is 11.8. The molecule has 8 atom stereocenters. The lowest BCUT2D eigenvalue weighted by molar-refractivity contribution is -0.135. The molecule has 0 aliphatic carbocycles. The zero-order valence-corrected chi connectivity index (χ0v) is 43.8. The third-order valence-corrected chi connectivity index (χ3v) is 12.5. The Labute approximate surface area is 445 Å². The van der Waals surface area contributed by atoms with Gasteiger partial charge in [0, 0.05) is 73.2 Å². The highest BCUT2D eigenvalue weighted by molar-refractivity contribution is 7.80. The topological polar surface area (TPSA) is 385 Å². The van der Waals surface area contributed by atoms with Crippen LogP contribution in [0.4, 0.5) is 0 Å². The molecule has 0 aliphatic heterocycles. The van der Waals surface area contributed by atoms with Crippen LogP contribution in [0.5, 0.6) is 0 Å². The number of nitrogens with one attached hydrogen (secondary N) is 10. The summed E-state index contributed by atoms with van der Waals surface area (Å²) in [5.41, 5.74) is 19.1. The Balaban J connectivity index is 1.60. The number of aromatic amines is 2. The monoisotopic (exact) mass is 1080 g/mol. The molecule has 26 heteroatoms. The molecule has 0 saturated carbocycles. The Morgan fingerprint density at radius 3 is 1.71 bits per heavy atom. The van der Waals surface area contributed by atoms with E-state index < -0.39 is 101 Å². The molecule has 2 heterocycles. The van der Waals surface area contributed by atoms with Gasteiger partial charge >= 0.3 is 0 Å². The average Bonchev–Trinajstić information content (AvgIpc) is 4.06. The molecule has 0 saturated heterocycles. The maximum absolute atomic E-state index is 14.6. The molecule has 0 fully saturated rings. The second-order valence-corrected chi connectivity index (χ2v) is 18.5. The van der Waals surface area contributed by atoms with Crippen molar-refractivity contribution in [1.82, 2.24) is 57.5 Å². The standard InChI is InChI=1S/C49H69N15O9S2/c1-4-5-15-34(58-28(3)65)43(68)64-40(25-75)48(73)57-27(2)42(67)60-38(21-31-23-53-26-56-31)47(72)61-36(19-29-12-7-6-8-13-29)45(70)59-35(17-11-18-54-49(51)52)44(69)62-37(46(71)63-39(24-74)41(50)66)20-30-22-55-33-16-10-9-14-32(30)33/h6-10,12-14,16,22-23,26-27,34-40,55,74-75H,4-5,11,15,17-21,24-25H2,1-3H3,(H2,50,66)(H,53,56)(H,57,73)(H,58,65)(H,59,70)(H,60,67)(H,61,72)(H,62,69)(H,63,71)(H,64,68)(H4,51,52,54)/t27-,34+,35+,36-,37+,38+,39+,40+/m1/s1. The number of carbonyl (C=O) groups excluding carboxylic acids is 9. The smallest absolute Gasteiger partial charge is 0.244 e. The summed E-state index contributed by atoms with van der Waals surface area (Å²) in [5, 5.41) is 21.9. The summed E-state index contributed by atoms with van der Waals surface area (Å²) in [6, 6.07) is 5.98. The van der Waals surface area contributed by atoms with Crippen LogP contribution in [0.25, 0.3) is 10.9 Å². The fourth-order valence-electron chi connectivity index (χ4n) is 7.75. The van der Waals surface area contributed by atoms with Crippen molar-refractivity contribution in [3.63, 3.8) is 0 Å². The van der Waals surface area contributed by atoms with Crippen LogP contribution in [0, 0.1) is 0 Å². The van der Waals surface area contributed by atoms with Crippen molar-refractivity contribution in [2.45, 2.75) is 120 Å². The second-order valence-electron chi connectivity index (χ2n) is 17.7. The molecule has 16 N–H and O–H groups in total. The number of aliphatic imine (C=N–C) groups is 1. The summed E-state index contributed by atoms with van der Waals surface area (Å²) >= 11 is 8.38. The molecule has 0 bridgehead atoms. The van der Waals surface area contributed by atoms with Crippen LogP contribution in [0.1, 0.15) is 69.7 Å². The molecule has 2 aromatic carbocycles. The highest BCUT2D eigenvalue weighted by Crippen LogP contribution is 2.20. The van der Waals surface area contributed by atoms with E-state index in [1.54, 1.807) is 36.5 Å². The highest BCUT2D eigenvalue weighted by atomic mass is 32.1. The van der Waals surface area contributed by atoms with Crippen LogP contribution >= 0.6 is 25.3 Å². The lowest BCUT2D eigenvalue weighted by atomic mass is 10.0. The van der Waals surface area contributed by atoms with Crippen molar-refractivity contribution in [3.8, 4) is 0 Å². The number of unbranched alkanes of at least 4 members (excludes halogenated alkanes) is 1. The van der Waals surface area contributed by atoms with Crippen LogP contribution in [-0.2, 0) is 62.4 Å². The van der Waals surface area contributed by atoms with Gasteiger partial charge in [0.05, 0.1) is 6.33 Å². The van der Waals surface area contributed by atoms with E-state index in [1.807, 2.05) is 31.2 Å². The molecular weight excluding hydrogens is 1010 g/mol. The molecule has 4 aromatic rings. The summed E-state index contributed by atoms with van der Waals surface area (Å²) in [7, 11) is 0. The van der Waals surface area contributed by atoms with Gasteiger partial charge in [-0.2, -0.15) is 25.3 Å². The number of rotatable bonds is 31. The van der Waals surface area contributed by atoms with Gasteiger partial charge in [-0.1, -0.05) is 68.3 Å². The molecule has 75 heavy (non-hydrogen) atoms. The van der Waals surface area contributed by atoms with Gasteiger partial charge in [-0.05, 0) is 43.4 Å². The van der Waals surface area contributed by atoms with Crippen molar-refractivity contribution in [1.29, 1.82) is 0 Å². The van der Waals surface area contributed by atoms with Crippen molar-refractivity contribution in [2.75, 3.05) is 18.1 Å². The zero-order chi connectivity index (χ0) is 55.0. The number of aromatic nitrogens is 3. The van der Waals surface area contributed by atoms with Gasteiger partial charge in [-0.25, -0.2) is 4.98 Å². The number of nitrogens with two attached hydrogens (primary N) is 3. The van der Waals surface area contributed by atoms with E-state index in [0.717, 1.165) is 17.3 Å². The van der Waals surface area contributed by atoms with E-state index in [1.165, 1.54) is 26.4 Å². The number of para-hydroxylation sites is 1. The zero-order valence-electron chi connectivity index (χ0n) is 42.0. The Morgan fingerprint density at radius 1 is 0.600 bits per heavy atom. The molecule has 0 aliphatic rings. The quantitative estimate of drug-likeness (QED) is 0.0118. The fraction of sp³-hybridized carbons (Fsp3) is 0.449. The third kappa shape index (κ3) is 19.6. The normalized spacial score (nSPS) is 14.2. The number of benzene rings is 2. The van der Waals surface area contributed by atoms with E-state index in [-0.39, 0.29) is 56.1 Å². The number of hydrogen-bond acceptors (Lipinski definition) is 13. The van der Waals surface area contributed by atoms with Crippen LogP contribution in [0.2, 0.25) is 0 Å². The molecule has 4 rings (SSSR count). The number of primary amides is 1. The molecule has 24 nitrogen and oxygen atoms in total. The predicted molar refractivity (Wildman–Crippen MR) is 288 cm³/mol. The van der Waals surface area contributed by atoms with Gasteiger partial charge in [0.25, 0.3) is 0 Å². The SMILES string of the molecule is CCCC[C@H](NC(C)=O)C(=O)N[C@@H](CS)C(=O)N[C@H](C)C(=O)N[C@@H](Cc1cnc[nH]1)C(=O)N[C@H](Cc1ccccc1)C(=O)N[C@@H](CCCN=C(N)N)C(=O)N[C@@H](Cc1c[nH]c2ccccc12)C(=O)N[C@@H](CS)C(N)=O. The lowest BCUT2D eigenvalue weighted by Gasteiger charge is -2.27. The van der Waals surface area contributed by atoms with Crippen LogP contribution in [-0.4, -0.2) is 140 Å². The second kappa shape index (κ2) is 30.6. The van der Waals surface area contributed by atoms with Gasteiger partial charge in [0.2, 0.25) is 53.2 Å². The molecule has 406 valence electrons. The number of nitrogens with zero attached hydrogens (tertiary/aromatic N) is 2. The van der Waals surface area contributed by atoms with Crippen LogP contribution in [0.3, 0.4) is 0 Å². The Kier molecular flexibility index (Phi) is 24.4. The molecule has 9 amide bonds. The first-order valence-electron chi connectivity index (χ1n) is 24.4. The highest BCUT2D eigenvalue weighted by Gasteiger charge is 2.34. The van der Waals surface area contributed by atoms with Gasteiger partial charge < -0.3 is 69.7 Å². The Bertz CT molecular complexity index is 2600. The number of fused-ring (bicyclic) bond motifs is 1. The molecule has 0 spiro atoms. The van der Waals surface area contributed by atoms with Crippen molar-refractivity contribution < 1.29 is 43.2 Å². The average molecular weight is 1080 g/mol. The molecule has 2 aromatic heterocycles. The summed E-state index contributed by atoms with van der Waals surface area (Å²) in [5.74, 6) is -7.16. The van der Waals surface area contributed by atoms with E-state index in [9.17, 15) is 43.2 Å². The largest absolute Gasteiger partial charge is 0.370 e. The number of hydrogen-bond donors (Lipinski definition) is 15. The minimum Gasteiger partial charge on any atom is -0.370 e. The van der Waals surface area contributed by atoms with Gasteiger partial charge in [0.15, 0.2) is 5.96 Å². The van der Waals surface area contributed by atoms with E-state index in [0.29, 0.717) is 29.7 Å². The maximum atomic E-state index is 14.6.